The van der Waals surface area contributed by atoms with Gasteiger partial charge in [-0.2, -0.15) is 0 Å². The zero-order valence-electron chi connectivity index (χ0n) is 11.3. The molecule has 0 saturated carbocycles. The molecule has 102 valence electrons. The van der Waals surface area contributed by atoms with Gasteiger partial charge in [-0.25, -0.2) is 0 Å². The summed E-state index contributed by atoms with van der Waals surface area (Å²) < 4.78 is 0.842. The summed E-state index contributed by atoms with van der Waals surface area (Å²) in [4.78, 5) is 12.2. The first-order valence-electron chi connectivity index (χ1n) is 6.77. The SMILES string of the molecule is Cc1ccc(Br)c(C(=O)NCC2Cc3ccccc32)c1. The predicted octanol–water partition coefficient (Wildman–Crippen LogP) is 3.83. The number of hydrogen-bond donors (Lipinski definition) is 1. The van der Waals surface area contributed by atoms with Gasteiger partial charge in [0.15, 0.2) is 0 Å². The van der Waals surface area contributed by atoms with E-state index in [9.17, 15) is 4.79 Å². The molecule has 0 heterocycles. The van der Waals surface area contributed by atoms with Crippen LogP contribution in [0.5, 0.6) is 0 Å². The molecule has 1 aliphatic rings. The Bertz CT molecular complexity index is 666. The third-order valence-corrected chi connectivity index (χ3v) is 4.53. The van der Waals surface area contributed by atoms with Crippen molar-refractivity contribution in [2.45, 2.75) is 19.3 Å². The zero-order chi connectivity index (χ0) is 14.1. The molecule has 2 nitrogen and oxygen atoms in total. The van der Waals surface area contributed by atoms with Gasteiger partial charge in [0.25, 0.3) is 5.91 Å². The molecule has 0 bridgehead atoms. The maximum absolute atomic E-state index is 12.2. The number of fused-ring (bicyclic) bond motifs is 1. The average molecular weight is 330 g/mol. The summed E-state index contributed by atoms with van der Waals surface area (Å²) in [6, 6.07) is 14.3. The van der Waals surface area contributed by atoms with Crippen LogP contribution in [0.4, 0.5) is 0 Å². The minimum absolute atomic E-state index is 0.00930. The van der Waals surface area contributed by atoms with E-state index in [2.05, 4.69) is 45.5 Å². The Morgan fingerprint density at radius 1 is 1.30 bits per heavy atom. The first-order valence-corrected chi connectivity index (χ1v) is 7.56. The molecule has 0 fully saturated rings. The Labute approximate surface area is 127 Å². The highest BCUT2D eigenvalue weighted by Crippen LogP contribution is 2.34. The lowest BCUT2D eigenvalue weighted by Gasteiger charge is -2.30. The summed E-state index contributed by atoms with van der Waals surface area (Å²) >= 11 is 3.43. The molecule has 1 amide bonds. The number of aryl methyl sites for hydroxylation is 1. The van der Waals surface area contributed by atoms with Gasteiger partial charge in [0.1, 0.15) is 0 Å². The Morgan fingerprint density at radius 2 is 2.10 bits per heavy atom. The molecule has 0 radical (unpaired) electrons. The number of rotatable bonds is 3. The van der Waals surface area contributed by atoms with E-state index in [-0.39, 0.29) is 5.91 Å². The lowest BCUT2D eigenvalue weighted by Crippen LogP contribution is -2.33. The standard InChI is InChI=1S/C17H16BrNO/c1-11-6-7-16(18)15(8-11)17(20)19-10-13-9-12-4-2-3-5-14(12)13/h2-8,13H,9-10H2,1H3,(H,19,20). The van der Waals surface area contributed by atoms with Gasteiger partial charge in [-0.15, -0.1) is 0 Å². The van der Waals surface area contributed by atoms with Gasteiger partial charge in [0, 0.05) is 16.9 Å². The zero-order valence-corrected chi connectivity index (χ0v) is 12.9. The van der Waals surface area contributed by atoms with Gasteiger partial charge in [-0.1, -0.05) is 35.9 Å². The van der Waals surface area contributed by atoms with Crippen LogP contribution in [0.2, 0.25) is 0 Å². The highest BCUT2D eigenvalue weighted by atomic mass is 79.9. The normalized spacial score (nSPS) is 16.2. The molecule has 0 aromatic heterocycles. The van der Waals surface area contributed by atoms with Gasteiger partial charge < -0.3 is 5.32 Å². The van der Waals surface area contributed by atoms with Crippen molar-refractivity contribution < 1.29 is 4.79 Å². The predicted molar refractivity (Wildman–Crippen MR) is 84.1 cm³/mol. The lowest BCUT2D eigenvalue weighted by molar-refractivity contribution is 0.0949. The number of carbonyl (C=O) groups excluding carboxylic acids is 1. The van der Waals surface area contributed by atoms with E-state index >= 15 is 0 Å². The lowest BCUT2D eigenvalue weighted by atomic mass is 9.77. The Kier molecular flexibility index (Phi) is 3.62. The highest BCUT2D eigenvalue weighted by Gasteiger charge is 2.25. The van der Waals surface area contributed by atoms with Crippen molar-refractivity contribution in [2.75, 3.05) is 6.54 Å². The summed E-state index contributed by atoms with van der Waals surface area (Å²) in [5.74, 6) is 0.448. The molecule has 3 rings (SSSR count). The van der Waals surface area contributed by atoms with E-state index < -0.39 is 0 Å². The number of nitrogens with one attached hydrogen (secondary N) is 1. The first kappa shape index (κ1) is 13.4. The third kappa shape index (κ3) is 2.50. The summed E-state index contributed by atoms with van der Waals surface area (Å²) in [7, 11) is 0. The molecule has 1 atom stereocenters. The van der Waals surface area contributed by atoms with Crippen LogP contribution in [0.15, 0.2) is 46.9 Å². The van der Waals surface area contributed by atoms with Crippen LogP contribution in [0.1, 0.15) is 33.0 Å². The van der Waals surface area contributed by atoms with Crippen molar-refractivity contribution >= 4 is 21.8 Å². The quantitative estimate of drug-likeness (QED) is 0.911. The van der Waals surface area contributed by atoms with Gasteiger partial charge in [-0.05, 0) is 52.5 Å². The minimum Gasteiger partial charge on any atom is -0.351 e. The largest absolute Gasteiger partial charge is 0.351 e. The Hall–Kier alpha value is -1.61. The molecule has 2 aromatic rings. The fourth-order valence-corrected chi connectivity index (χ4v) is 3.10. The minimum atomic E-state index is -0.00930. The molecule has 1 N–H and O–H groups in total. The number of benzene rings is 2. The summed E-state index contributed by atoms with van der Waals surface area (Å²) in [6.07, 6.45) is 1.06. The molecule has 1 unspecified atom stereocenters. The van der Waals surface area contributed by atoms with Gasteiger partial charge in [-0.3, -0.25) is 4.79 Å². The second-order valence-electron chi connectivity index (χ2n) is 5.29. The molecule has 2 aromatic carbocycles. The van der Waals surface area contributed by atoms with Crippen molar-refractivity contribution in [1.29, 1.82) is 0 Å². The van der Waals surface area contributed by atoms with Crippen molar-refractivity contribution in [2.24, 2.45) is 0 Å². The molecule has 3 heteroatoms. The fraction of sp³-hybridized carbons (Fsp3) is 0.235. The van der Waals surface area contributed by atoms with Gasteiger partial charge >= 0.3 is 0 Å². The van der Waals surface area contributed by atoms with Crippen molar-refractivity contribution in [3.05, 3.63) is 69.2 Å². The monoisotopic (exact) mass is 329 g/mol. The van der Waals surface area contributed by atoms with Crippen LogP contribution < -0.4 is 5.32 Å². The number of carbonyl (C=O) groups is 1. The van der Waals surface area contributed by atoms with Gasteiger partial charge in [0.2, 0.25) is 0 Å². The van der Waals surface area contributed by atoms with Crippen molar-refractivity contribution in [1.82, 2.24) is 5.32 Å². The molecule has 20 heavy (non-hydrogen) atoms. The second kappa shape index (κ2) is 5.41. The first-order chi connectivity index (χ1) is 9.65. The van der Waals surface area contributed by atoms with Crippen LogP contribution in [0, 0.1) is 6.92 Å². The topological polar surface area (TPSA) is 29.1 Å². The van der Waals surface area contributed by atoms with E-state index in [0.717, 1.165) is 16.5 Å². The molecule has 0 saturated heterocycles. The van der Waals surface area contributed by atoms with Crippen LogP contribution in [-0.4, -0.2) is 12.5 Å². The molecular formula is C17H16BrNO. The smallest absolute Gasteiger partial charge is 0.252 e. The number of hydrogen-bond acceptors (Lipinski definition) is 1. The van der Waals surface area contributed by atoms with Crippen LogP contribution in [0.25, 0.3) is 0 Å². The maximum atomic E-state index is 12.2. The fourth-order valence-electron chi connectivity index (χ4n) is 2.67. The summed E-state index contributed by atoms with van der Waals surface area (Å²) in [5, 5.41) is 3.04. The maximum Gasteiger partial charge on any atom is 0.252 e. The number of halogens is 1. The summed E-state index contributed by atoms with van der Waals surface area (Å²) in [6.45, 7) is 2.70. The van der Waals surface area contributed by atoms with Gasteiger partial charge in [0.05, 0.1) is 5.56 Å². The van der Waals surface area contributed by atoms with E-state index in [0.29, 0.717) is 18.0 Å². The molecule has 0 spiro atoms. The highest BCUT2D eigenvalue weighted by molar-refractivity contribution is 9.10. The van der Waals surface area contributed by atoms with Crippen molar-refractivity contribution in [3.63, 3.8) is 0 Å². The van der Waals surface area contributed by atoms with Crippen molar-refractivity contribution in [3.8, 4) is 0 Å². The van der Waals surface area contributed by atoms with E-state index in [1.807, 2.05) is 25.1 Å². The van der Waals surface area contributed by atoms with Crippen LogP contribution in [0.3, 0.4) is 0 Å². The van der Waals surface area contributed by atoms with E-state index in [1.165, 1.54) is 11.1 Å². The molecular weight excluding hydrogens is 314 g/mol. The summed E-state index contributed by atoms with van der Waals surface area (Å²) in [5.41, 5.74) is 4.57. The number of amides is 1. The van der Waals surface area contributed by atoms with Crippen LogP contribution in [-0.2, 0) is 6.42 Å². The Morgan fingerprint density at radius 3 is 2.90 bits per heavy atom. The molecule has 0 aliphatic heterocycles. The average Bonchev–Trinajstić information content (AvgIpc) is 2.42. The third-order valence-electron chi connectivity index (χ3n) is 3.84. The Balaban J connectivity index is 1.65. The second-order valence-corrected chi connectivity index (χ2v) is 6.15. The van der Waals surface area contributed by atoms with E-state index in [1.54, 1.807) is 0 Å². The van der Waals surface area contributed by atoms with Crippen LogP contribution >= 0.6 is 15.9 Å². The molecule has 1 aliphatic carbocycles. The van der Waals surface area contributed by atoms with E-state index in [4.69, 9.17) is 0 Å².